The third kappa shape index (κ3) is 3.65. The predicted molar refractivity (Wildman–Crippen MR) is 108 cm³/mol. The van der Waals surface area contributed by atoms with Crippen LogP contribution in [0.25, 0.3) is 22.5 Å². The second-order valence-electron chi connectivity index (χ2n) is 6.11. The molecule has 0 saturated heterocycles. The van der Waals surface area contributed by atoms with E-state index in [-0.39, 0.29) is 5.82 Å². The van der Waals surface area contributed by atoms with E-state index in [1.54, 1.807) is 32.4 Å². The topological polar surface area (TPSA) is 75.2 Å². The van der Waals surface area contributed by atoms with Gasteiger partial charge in [-0.05, 0) is 37.3 Å². The molecule has 0 fully saturated rings. The summed E-state index contributed by atoms with van der Waals surface area (Å²) in [5.74, 6) is 2.49. The molecule has 4 aromatic rings. The number of benzene rings is 2. The van der Waals surface area contributed by atoms with Gasteiger partial charge in [0.1, 0.15) is 11.3 Å². The molecule has 0 saturated carbocycles. The fourth-order valence-corrected chi connectivity index (χ4v) is 3.81. The summed E-state index contributed by atoms with van der Waals surface area (Å²) >= 11 is 1.36. The van der Waals surface area contributed by atoms with Gasteiger partial charge in [0.15, 0.2) is 17.3 Å². The van der Waals surface area contributed by atoms with Crippen LogP contribution in [0.3, 0.4) is 0 Å². The molecule has 2 heterocycles. The number of aryl methyl sites for hydroxylation is 1. The van der Waals surface area contributed by atoms with Gasteiger partial charge in [0, 0.05) is 12.1 Å². The summed E-state index contributed by atoms with van der Waals surface area (Å²) in [6.07, 6.45) is 0. The van der Waals surface area contributed by atoms with E-state index in [0.717, 1.165) is 16.9 Å². The molecular weight excluding hydrogens is 395 g/mol. The molecule has 0 unspecified atom stereocenters. The van der Waals surface area contributed by atoms with E-state index in [1.807, 2.05) is 23.6 Å². The molecular formula is C20H19FN4O3S. The second kappa shape index (κ2) is 8.12. The van der Waals surface area contributed by atoms with Gasteiger partial charge in [-0.3, -0.25) is 0 Å². The van der Waals surface area contributed by atoms with Crippen LogP contribution < -0.4 is 9.47 Å². The number of nitrogens with zero attached hydrogens (tertiary/aromatic N) is 4. The average Bonchev–Trinajstić information content (AvgIpc) is 3.36. The highest BCUT2D eigenvalue weighted by Gasteiger charge is 2.16. The minimum Gasteiger partial charge on any atom is -0.493 e. The molecule has 0 aliphatic heterocycles. The molecule has 0 N–H and O–H groups in total. The van der Waals surface area contributed by atoms with Crippen molar-refractivity contribution in [1.82, 2.24) is 19.7 Å². The molecule has 0 atom stereocenters. The average molecular weight is 414 g/mol. The Morgan fingerprint density at radius 3 is 2.69 bits per heavy atom. The van der Waals surface area contributed by atoms with Gasteiger partial charge in [-0.1, -0.05) is 17.8 Å². The lowest BCUT2D eigenvalue weighted by Crippen LogP contribution is -2.00. The number of aromatic nitrogens is 4. The molecule has 2 aromatic heterocycles. The number of fused-ring (bicyclic) bond motifs is 1. The lowest BCUT2D eigenvalue weighted by molar-refractivity contribution is 0.355. The van der Waals surface area contributed by atoms with Crippen molar-refractivity contribution in [2.75, 3.05) is 14.2 Å². The minimum atomic E-state index is -0.325. The van der Waals surface area contributed by atoms with Crippen LogP contribution in [0.2, 0.25) is 0 Å². The van der Waals surface area contributed by atoms with Gasteiger partial charge in [0.2, 0.25) is 5.89 Å². The first-order valence-corrected chi connectivity index (χ1v) is 9.95. The molecule has 2 aromatic carbocycles. The van der Waals surface area contributed by atoms with E-state index >= 15 is 0 Å². The van der Waals surface area contributed by atoms with Gasteiger partial charge >= 0.3 is 0 Å². The fourth-order valence-electron chi connectivity index (χ4n) is 3.10. The normalized spacial score (nSPS) is 11.2. The predicted octanol–water partition coefficient (Wildman–Crippen LogP) is 4.55. The van der Waals surface area contributed by atoms with E-state index in [1.165, 1.54) is 17.8 Å². The Morgan fingerprint density at radius 1 is 1.10 bits per heavy atom. The highest BCUT2D eigenvalue weighted by Crippen LogP contribution is 2.33. The van der Waals surface area contributed by atoms with Crippen LogP contribution in [0.1, 0.15) is 12.7 Å². The number of halogens is 1. The summed E-state index contributed by atoms with van der Waals surface area (Å²) in [6.45, 7) is 2.69. The molecule has 0 aliphatic carbocycles. The zero-order valence-electron chi connectivity index (χ0n) is 16.2. The largest absolute Gasteiger partial charge is 0.493 e. The SMILES string of the molecule is CCn1c(CSc2nnc(-c3ccc(OC)c(OC)c3)o2)nc2c(F)cccc21. The molecule has 0 spiro atoms. The highest BCUT2D eigenvalue weighted by atomic mass is 32.2. The van der Waals surface area contributed by atoms with Crippen molar-refractivity contribution in [3.63, 3.8) is 0 Å². The number of methoxy groups -OCH3 is 2. The van der Waals surface area contributed by atoms with Crippen LogP contribution in [0.15, 0.2) is 46.0 Å². The lowest BCUT2D eigenvalue weighted by atomic mass is 10.2. The van der Waals surface area contributed by atoms with Crippen molar-refractivity contribution in [2.24, 2.45) is 0 Å². The number of hydrogen-bond acceptors (Lipinski definition) is 7. The maximum Gasteiger partial charge on any atom is 0.277 e. The third-order valence-electron chi connectivity index (χ3n) is 4.49. The molecule has 0 aliphatic rings. The van der Waals surface area contributed by atoms with Crippen LogP contribution in [0.4, 0.5) is 4.39 Å². The Labute approximate surface area is 170 Å². The van der Waals surface area contributed by atoms with Gasteiger partial charge in [0.25, 0.3) is 5.22 Å². The summed E-state index contributed by atoms with van der Waals surface area (Å²) in [5, 5.41) is 8.61. The van der Waals surface area contributed by atoms with Crippen LogP contribution in [-0.4, -0.2) is 34.0 Å². The van der Waals surface area contributed by atoms with Gasteiger partial charge in [0.05, 0.1) is 25.5 Å². The maximum atomic E-state index is 14.0. The Kier molecular flexibility index (Phi) is 5.39. The van der Waals surface area contributed by atoms with Crippen molar-refractivity contribution in [3.8, 4) is 23.0 Å². The quantitative estimate of drug-likeness (QED) is 0.411. The Bertz CT molecular complexity index is 1160. The van der Waals surface area contributed by atoms with E-state index < -0.39 is 0 Å². The number of rotatable bonds is 7. The van der Waals surface area contributed by atoms with Crippen molar-refractivity contribution in [3.05, 3.63) is 48.0 Å². The number of hydrogen-bond donors (Lipinski definition) is 0. The maximum absolute atomic E-state index is 14.0. The number of thioether (sulfide) groups is 1. The van der Waals surface area contributed by atoms with Crippen molar-refractivity contribution in [2.45, 2.75) is 24.4 Å². The molecule has 0 radical (unpaired) electrons. The van der Waals surface area contributed by atoms with Crippen molar-refractivity contribution in [1.29, 1.82) is 0 Å². The summed E-state index contributed by atoms with van der Waals surface area (Å²) in [7, 11) is 3.15. The van der Waals surface area contributed by atoms with Crippen LogP contribution >= 0.6 is 11.8 Å². The molecule has 29 heavy (non-hydrogen) atoms. The van der Waals surface area contributed by atoms with Crippen LogP contribution in [-0.2, 0) is 12.3 Å². The minimum absolute atomic E-state index is 0.325. The monoisotopic (exact) mass is 414 g/mol. The van der Waals surface area contributed by atoms with E-state index in [4.69, 9.17) is 13.9 Å². The van der Waals surface area contributed by atoms with Gasteiger partial charge in [-0.15, -0.1) is 10.2 Å². The standard InChI is InChI=1S/C20H19FN4O3S/c1-4-25-14-7-5-6-13(21)18(14)22-17(25)11-29-20-24-23-19(28-20)12-8-9-15(26-2)16(10-12)27-3/h5-10H,4,11H2,1-3H3. The Balaban J connectivity index is 1.55. The number of ether oxygens (including phenoxy) is 2. The first-order valence-electron chi connectivity index (χ1n) is 8.97. The molecule has 0 amide bonds. The van der Waals surface area contributed by atoms with Crippen molar-refractivity contribution >= 4 is 22.8 Å². The zero-order chi connectivity index (χ0) is 20.4. The second-order valence-corrected chi connectivity index (χ2v) is 7.04. The summed E-state index contributed by atoms with van der Waals surface area (Å²) in [6, 6.07) is 10.4. The number of para-hydroxylation sites is 1. The van der Waals surface area contributed by atoms with Gasteiger partial charge in [-0.25, -0.2) is 9.37 Å². The highest BCUT2D eigenvalue weighted by molar-refractivity contribution is 7.98. The fraction of sp³-hybridized carbons (Fsp3) is 0.250. The first-order chi connectivity index (χ1) is 14.1. The summed E-state index contributed by atoms with van der Waals surface area (Å²) in [4.78, 5) is 4.45. The van der Waals surface area contributed by atoms with Gasteiger partial charge < -0.3 is 18.5 Å². The summed E-state index contributed by atoms with van der Waals surface area (Å²) < 4.78 is 32.4. The molecule has 9 heteroatoms. The van der Waals surface area contributed by atoms with E-state index in [9.17, 15) is 4.39 Å². The van der Waals surface area contributed by atoms with Gasteiger partial charge in [-0.2, -0.15) is 0 Å². The van der Waals surface area contributed by atoms with E-state index in [0.29, 0.717) is 40.4 Å². The first kappa shape index (κ1) is 19.3. The van der Waals surface area contributed by atoms with E-state index in [2.05, 4.69) is 15.2 Å². The Hall–Kier alpha value is -3.07. The summed E-state index contributed by atoms with van der Waals surface area (Å²) in [5.41, 5.74) is 1.88. The molecule has 4 rings (SSSR count). The molecule has 150 valence electrons. The Morgan fingerprint density at radius 2 is 1.93 bits per heavy atom. The van der Waals surface area contributed by atoms with Crippen molar-refractivity contribution < 1.29 is 18.3 Å². The molecule has 7 nitrogen and oxygen atoms in total. The number of imidazole rings is 1. The zero-order valence-corrected chi connectivity index (χ0v) is 17.0. The smallest absolute Gasteiger partial charge is 0.277 e. The third-order valence-corrected chi connectivity index (χ3v) is 5.30. The van der Waals surface area contributed by atoms with Crippen LogP contribution in [0, 0.1) is 5.82 Å². The lowest BCUT2D eigenvalue weighted by Gasteiger charge is -2.07. The molecule has 0 bridgehead atoms. The van der Waals surface area contributed by atoms with Crippen LogP contribution in [0.5, 0.6) is 11.5 Å².